The third-order valence-electron chi connectivity index (χ3n) is 4.38. The molecule has 0 aromatic heterocycles. The van der Waals surface area contributed by atoms with Crippen LogP contribution in [0.25, 0.3) is 0 Å². The van der Waals surface area contributed by atoms with E-state index in [0.29, 0.717) is 0 Å². The van der Waals surface area contributed by atoms with Crippen molar-refractivity contribution in [3.8, 4) is 0 Å². The number of nitrogens with one attached hydrogen (secondary N) is 1. The fourth-order valence-corrected chi connectivity index (χ4v) is 3.24. The summed E-state index contributed by atoms with van der Waals surface area (Å²) in [5.74, 6) is 1.59. The van der Waals surface area contributed by atoms with Gasteiger partial charge in [-0.05, 0) is 61.9 Å². The summed E-state index contributed by atoms with van der Waals surface area (Å²) in [5.41, 5.74) is 3.05. The normalized spacial score (nSPS) is 20.1. The van der Waals surface area contributed by atoms with Gasteiger partial charge in [0.2, 0.25) is 0 Å². The van der Waals surface area contributed by atoms with Crippen molar-refractivity contribution < 1.29 is 0 Å². The fraction of sp³-hybridized carbons (Fsp3) is 0.684. The van der Waals surface area contributed by atoms with Crippen LogP contribution in [0.2, 0.25) is 0 Å². The Morgan fingerprint density at radius 2 is 2.00 bits per heavy atom. The lowest BCUT2D eigenvalue weighted by atomic mass is 9.98. The summed E-state index contributed by atoms with van der Waals surface area (Å²) in [5, 5.41) is 3.56. The van der Waals surface area contributed by atoms with Gasteiger partial charge in [-0.1, -0.05) is 45.0 Å². The predicted octanol–water partition coefficient (Wildman–Crippen LogP) is 3.71. The quantitative estimate of drug-likeness (QED) is 0.770. The molecular weight excluding hydrogens is 256 g/mol. The van der Waals surface area contributed by atoms with Gasteiger partial charge in [0.25, 0.3) is 0 Å². The monoisotopic (exact) mass is 288 g/mol. The average molecular weight is 288 g/mol. The molecule has 1 aliphatic heterocycles. The predicted molar refractivity (Wildman–Crippen MR) is 91.5 cm³/mol. The van der Waals surface area contributed by atoms with Gasteiger partial charge in [-0.15, -0.1) is 0 Å². The maximum Gasteiger partial charge on any atom is 0.0236 e. The van der Waals surface area contributed by atoms with Crippen molar-refractivity contribution in [2.45, 2.75) is 46.6 Å². The van der Waals surface area contributed by atoms with E-state index < -0.39 is 0 Å². The standard InChI is InChI=1S/C19H32N2/c1-16(2)13-20-11-10-18-8-4-5-9-19(18)15-21-12-6-7-17(3)14-21/h4-5,8-9,16-17,20H,6-7,10-15H2,1-3H3. The van der Waals surface area contributed by atoms with Crippen LogP contribution in [0.4, 0.5) is 0 Å². The largest absolute Gasteiger partial charge is 0.316 e. The number of likely N-dealkylation sites (tertiary alicyclic amines) is 1. The van der Waals surface area contributed by atoms with Crippen LogP contribution in [0, 0.1) is 11.8 Å². The van der Waals surface area contributed by atoms with Crippen LogP contribution in [-0.2, 0) is 13.0 Å². The minimum Gasteiger partial charge on any atom is -0.316 e. The molecule has 0 spiro atoms. The first kappa shape index (κ1) is 16.5. The summed E-state index contributed by atoms with van der Waals surface area (Å²) in [7, 11) is 0. The maximum atomic E-state index is 3.56. The first-order valence-corrected chi connectivity index (χ1v) is 8.65. The summed E-state index contributed by atoms with van der Waals surface area (Å²) in [6.07, 6.45) is 3.91. The van der Waals surface area contributed by atoms with Crippen molar-refractivity contribution in [3.05, 3.63) is 35.4 Å². The molecule has 2 heteroatoms. The van der Waals surface area contributed by atoms with E-state index in [1.54, 1.807) is 0 Å². The van der Waals surface area contributed by atoms with E-state index in [1.165, 1.54) is 37.1 Å². The Morgan fingerprint density at radius 3 is 2.71 bits per heavy atom. The van der Waals surface area contributed by atoms with Gasteiger partial charge >= 0.3 is 0 Å². The Morgan fingerprint density at radius 1 is 1.24 bits per heavy atom. The zero-order valence-corrected chi connectivity index (χ0v) is 14.1. The van der Waals surface area contributed by atoms with Crippen LogP contribution in [0.5, 0.6) is 0 Å². The lowest BCUT2D eigenvalue weighted by Gasteiger charge is -2.31. The molecular formula is C19H32N2. The van der Waals surface area contributed by atoms with Crippen molar-refractivity contribution in [2.75, 3.05) is 26.2 Å². The van der Waals surface area contributed by atoms with Gasteiger partial charge in [-0.2, -0.15) is 0 Å². The highest BCUT2D eigenvalue weighted by molar-refractivity contribution is 5.27. The van der Waals surface area contributed by atoms with Gasteiger partial charge < -0.3 is 5.32 Å². The number of hydrogen-bond donors (Lipinski definition) is 1. The molecule has 1 N–H and O–H groups in total. The molecule has 0 amide bonds. The molecule has 1 saturated heterocycles. The molecule has 2 rings (SSSR count). The van der Waals surface area contributed by atoms with Crippen LogP contribution >= 0.6 is 0 Å². The van der Waals surface area contributed by atoms with Gasteiger partial charge in [-0.3, -0.25) is 4.90 Å². The third kappa shape index (κ3) is 5.80. The highest BCUT2D eigenvalue weighted by Gasteiger charge is 2.17. The van der Waals surface area contributed by atoms with E-state index in [0.717, 1.165) is 37.9 Å². The van der Waals surface area contributed by atoms with Crippen LogP contribution < -0.4 is 5.32 Å². The zero-order chi connectivity index (χ0) is 15.1. The summed E-state index contributed by atoms with van der Waals surface area (Å²) < 4.78 is 0. The first-order chi connectivity index (χ1) is 10.1. The van der Waals surface area contributed by atoms with Gasteiger partial charge in [0.1, 0.15) is 0 Å². The molecule has 21 heavy (non-hydrogen) atoms. The van der Waals surface area contributed by atoms with E-state index in [-0.39, 0.29) is 0 Å². The van der Waals surface area contributed by atoms with Crippen molar-refractivity contribution >= 4 is 0 Å². The summed E-state index contributed by atoms with van der Waals surface area (Å²) in [6.45, 7) is 12.8. The van der Waals surface area contributed by atoms with Crippen molar-refractivity contribution in [3.63, 3.8) is 0 Å². The number of rotatable bonds is 7. The molecule has 1 aromatic carbocycles. The molecule has 1 atom stereocenters. The molecule has 1 unspecified atom stereocenters. The van der Waals surface area contributed by atoms with Crippen molar-refractivity contribution in [1.82, 2.24) is 10.2 Å². The molecule has 0 aliphatic carbocycles. The molecule has 0 radical (unpaired) electrons. The zero-order valence-electron chi connectivity index (χ0n) is 14.1. The van der Waals surface area contributed by atoms with Crippen molar-refractivity contribution in [2.24, 2.45) is 11.8 Å². The van der Waals surface area contributed by atoms with Crippen LogP contribution in [0.1, 0.15) is 44.7 Å². The highest BCUT2D eigenvalue weighted by atomic mass is 15.1. The summed E-state index contributed by atoms with van der Waals surface area (Å²) >= 11 is 0. The third-order valence-corrected chi connectivity index (χ3v) is 4.38. The second kappa shape index (κ2) is 8.55. The molecule has 1 aliphatic rings. The number of hydrogen-bond acceptors (Lipinski definition) is 2. The van der Waals surface area contributed by atoms with Gasteiger partial charge in [0.05, 0.1) is 0 Å². The Bertz CT molecular complexity index is 414. The van der Waals surface area contributed by atoms with Gasteiger partial charge in [0.15, 0.2) is 0 Å². The molecule has 2 nitrogen and oxygen atoms in total. The second-order valence-corrected chi connectivity index (χ2v) is 7.10. The fourth-order valence-electron chi connectivity index (χ4n) is 3.24. The summed E-state index contributed by atoms with van der Waals surface area (Å²) in [4.78, 5) is 2.63. The van der Waals surface area contributed by atoms with Crippen molar-refractivity contribution in [1.29, 1.82) is 0 Å². The number of nitrogens with zero attached hydrogens (tertiary/aromatic N) is 1. The topological polar surface area (TPSA) is 15.3 Å². The Hall–Kier alpha value is -0.860. The molecule has 0 saturated carbocycles. The molecule has 1 aromatic rings. The van der Waals surface area contributed by atoms with Crippen LogP contribution in [0.15, 0.2) is 24.3 Å². The number of piperidine rings is 1. The van der Waals surface area contributed by atoms with E-state index in [2.05, 4.69) is 55.3 Å². The van der Waals surface area contributed by atoms with Gasteiger partial charge in [-0.25, -0.2) is 0 Å². The van der Waals surface area contributed by atoms with E-state index in [1.807, 2.05) is 0 Å². The van der Waals surface area contributed by atoms with Crippen LogP contribution in [-0.4, -0.2) is 31.1 Å². The number of benzene rings is 1. The van der Waals surface area contributed by atoms with Gasteiger partial charge in [0, 0.05) is 13.1 Å². The van der Waals surface area contributed by atoms with E-state index in [4.69, 9.17) is 0 Å². The average Bonchev–Trinajstić information content (AvgIpc) is 2.45. The lowest BCUT2D eigenvalue weighted by Crippen LogP contribution is -2.34. The Balaban J connectivity index is 1.87. The van der Waals surface area contributed by atoms with E-state index >= 15 is 0 Å². The first-order valence-electron chi connectivity index (χ1n) is 8.65. The minimum atomic E-state index is 0.732. The molecule has 1 fully saturated rings. The summed E-state index contributed by atoms with van der Waals surface area (Å²) in [6, 6.07) is 8.99. The maximum absolute atomic E-state index is 3.56. The minimum absolute atomic E-state index is 0.732. The highest BCUT2D eigenvalue weighted by Crippen LogP contribution is 2.19. The Labute approximate surface area is 130 Å². The van der Waals surface area contributed by atoms with E-state index in [9.17, 15) is 0 Å². The molecule has 118 valence electrons. The SMILES string of the molecule is CC(C)CNCCc1ccccc1CN1CCCC(C)C1. The second-order valence-electron chi connectivity index (χ2n) is 7.10. The Kier molecular flexibility index (Phi) is 6.72. The molecule has 0 bridgehead atoms. The molecule has 1 heterocycles. The lowest BCUT2D eigenvalue weighted by molar-refractivity contribution is 0.176. The van der Waals surface area contributed by atoms with Crippen LogP contribution in [0.3, 0.4) is 0 Å². The smallest absolute Gasteiger partial charge is 0.0236 e.